The summed E-state index contributed by atoms with van der Waals surface area (Å²) in [7, 11) is 0. The molecule has 0 saturated heterocycles. The number of primary amides is 1. The molecular weight excluding hydrogens is 482 g/mol. The van der Waals surface area contributed by atoms with Gasteiger partial charge in [-0.2, -0.15) is 0 Å². The Morgan fingerprint density at radius 3 is 1.86 bits per heavy atom. The summed E-state index contributed by atoms with van der Waals surface area (Å²) in [5.74, 6) is -4.13. The zero-order chi connectivity index (χ0) is 27.4. The first-order valence-corrected chi connectivity index (χ1v) is 11.5. The molecule has 0 aromatic heterocycles. The number of carboxylic acid groups (broad SMARTS) is 1. The Hall–Kier alpha value is -4.45. The average Bonchev–Trinajstić information content (AvgIpc) is 2.87. The number of rotatable bonds is 14. The second-order valence-electron chi connectivity index (χ2n) is 8.35. The summed E-state index contributed by atoms with van der Waals surface area (Å²) in [5.41, 5.74) is 11.7. The van der Waals surface area contributed by atoms with E-state index in [9.17, 15) is 34.2 Å². The minimum atomic E-state index is -1.32. The van der Waals surface area contributed by atoms with Gasteiger partial charge in [-0.3, -0.25) is 19.2 Å². The van der Waals surface area contributed by atoms with Gasteiger partial charge in [0, 0.05) is 19.3 Å². The number of hydrogen-bond donors (Lipinski definition) is 7. The van der Waals surface area contributed by atoms with Crippen LogP contribution in [0.2, 0.25) is 0 Å². The van der Waals surface area contributed by atoms with E-state index in [0.29, 0.717) is 11.1 Å². The van der Waals surface area contributed by atoms with Crippen LogP contribution in [-0.2, 0) is 36.8 Å². The number of phenols is 1. The summed E-state index contributed by atoms with van der Waals surface area (Å²) in [5, 5.41) is 26.5. The molecule has 4 amide bonds. The maximum absolute atomic E-state index is 13.2. The number of carbonyl (C=O) groups excluding carboxylic acids is 4. The van der Waals surface area contributed by atoms with Crippen molar-refractivity contribution in [2.75, 3.05) is 6.54 Å². The smallest absolute Gasteiger partial charge is 0.326 e. The molecule has 0 radical (unpaired) electrons. The molecule has 2 aromatic rings. The second-order valence-corrected chi connectivity index (χ2v) is 8.35. The van der Waals surface area contributed by atoms with Gasteiger partial charge in [-0.05, 0) is 29.7 Å². The first-order valence-electron chi connectivity index (χ1n) is 11.5. The van der Waals surface area contributed by atoms with E-state index in [1.807, 2.05) is 0 Å². The Kier molecular flexibility index (Phi) is 11.0. The van der Waals surface area contributed by atoms with E-state index in [1.54, 1.807) is 30.3 Å². The predicted molar refractivity (Wildman–Crippen MR) is 133 cm³/mol. The summed E-state index contributed by atoms with van der Waals surface area (Å²) in [6.07, 6.45) is -0.365. The lowest BCUT2D eigenvalue weighted by Gasteiger charge is -2.24. The monoisotopic (exact) mass is 513 g/mol. The van der Waals surface area contributed by atoms with Crippen LogP contribution in [0.1, 0.15) is 24.0 Å². The van der Waals surface area contributed by atoms with Gasteiger partial charge in [0.1, 0.15) is 23.9 Å². The molecule has 3 atom stereocenters. The fourth-order valence-corrected chi connectivity index (χ4v) is 3.48. The third-order valence-corrected chi connectivity index (χ3v) is 5.42. The number of benzene rings is 2. The highest BCUT2D eigenvalue weighted by Crippen LogP contribution is 2.12. The molecule has 198 valence electrons. The number of nitrogens with two attached hydrogens (primary N) is 2. The normalized spacial score (nSPS) is 13.0. The quantitative estimate of drug-likeness (QED) is 0.165. The molecule has 9 N–H and O–H groups in total. The van der Waals surface area contributed by atoms with Crippen LogP contribution < -0.4 is 27.4 Å². The molecular formula is C25H31N5O7. The third-order valence-electron chi connectivity index (χ3n) is 5.42. The molecule has 0 heterocycles. The van der Waals surface area contributed by atoms with Gasteiger partial charge in [-0.15, -0.1) is 0 Å². The van der Waals surface area contributed by atoms with Crippen molar-refractivity contribution >= 4 is 29.6 Å². The minimum absolute atomic E-state index is 0.0120. The van der Waals surface area contributed by atoms with Crippen molar-refractivity contribution in [3.63, 3.8) is 0 Å². The Bertz CT molecular complexity index is 1090. The molecule has 0 saturated carbocycles. The molecule has 37 heavy (non-hydrogen) atoms. The molecule has 0 fully saturated rings. The molecule has 0 bridgehead atoms. The summed E-state index contributed by atoms with van der Waals surface area (Å²) < 4.78 is 0. The zero-order valence-electron chi connectivity index (χ0n) is 20.1. The Labute approximate surface area is 213 Å². The maximum Gasteiger partial charge on any atom is 0.326 e. The molecule has 2 aromatic carbocycles. The minimum Gasteiger partial charge on any atom is -0.508 e. The van der Waals surface area contributed by atoms with Crippen LogP contribution in [0, 0.1) is 0 Å². The largest absolute Gasteiger partial charge is 0.508 e. The molecule has 0 aliphatic heterocycles. The number of carbonyl (C=O) groups is 5. The fraction of sp³-hybridized carbons (Fsp3) is 0.320. The lowest BCUT2D eigenvalue weighted by Crippen LogP contribution is -2.57. The molecule has 12 heteroatoms. The van der Waals surface area contributed by atoms with E-state index in [0.717, 1.165) is 0 Å². The van der Waals surface area contributed by atoms with Crippen molar-refractivity contribution in [2.45, 2.75) is 43.8 Å². The van der Waals surface area contributed by atoms with Crippen molar-refractivity contribution in [1.82, 2.24) is 16.0 Å². The van der Waals surface area contributed by atoms with Crippen molar-refractivity contribution in [3.8, 4) is 5.75 Å². The van der Waals surface area contributed by atoms with Crippen LogP contribution in [0.3, 0.4) is 0 Å². The topological polar surface area (TPSA) is 214 Å². The number of aromatic hydroxyl groups is 1. The molecule has 0 spiro atoms. The van der Waals surface area contributed by atoms with Crippen LogP contribution in [0.5, 0.6) is 5.75 Å². The van der Waals surface area contributed by atoms with Gasteiger partial charge >= 0.3 is 5.97 Å². The number of carboxylic acids is 1. The standard InChI is InChI=1S/C25H31N5O7/c26-14-22(33)28-18(10-11-21(27)32)23(34)29-19(12-15-4-2-1-3-5-15)24(35)30-20(25(36)37)13-16-6-8-17(31)9-7-16/h1-9,18-20,31H,10-14,26H2,(H2,27,32)(H,28,33)(H,29,34)(H,30,35)(H,36,37). The highest BCUT2D eigenvalue weighted by atomic mass is 16.4. The third kappa shape index (κ3) is 9.98. The first-order chi connectivity index (χ1) is 17.6. The predicted octanol–water partition coefficient (Wildman–Crippen LogP) is -1.06. The van der Waals surface area contributed by atoms with E-state index < -0.39 is 54.3 Å². The van der Waals surface area contributed by atoms with Crippen molar-refractivity contribution < 1.29 is 34.2 Å². The van der Waals surface area contributed by atoms with Crippen molar-refractivity contribution in [1.29, 1.82) is 0 Å². The van der Waals surface area contributed by atoms with Gasteiger partial charge in [0.05, 0.1) is 6.54 Å². The van der Waals surface area contributed by atoms with Gasteiger partial charge < -0.3 is 37.6 Å². The van der Waals surface area contributed by atoms with Crippen molar-refractivity contribution in [2.24, 2.45) is 11.5 Å². The maximum atomic E-state index is 13.2. The summed E-state index contributed by atoms with van der Waals surface area (Å²) in [4.78, 5) is 61.1. The first kappa shape index (κ1) is 28.8. The van der Waals surface area contributed by atoms with Gasteiger partial charge in [0.25, 0.3) is 0 Å². The molecule has 3 unspecified atom stereocenters. The van der Waals surface area contributed by atoms with E-state index in [1.165, 1.54) is 24.3 Å². The SMILES string of the molecule is NCC(=O)NC(CCC(N)=O)C(=O)NC(Cc1ccccc1)C(=O)NC(Cc1ccc(O)cc1)C(=O)O. The molecule has 12 nitrogen and oxygen atoms in total. The van der Waals surface area contributed by atoms with E-state index >= 15 is 0 Å². The highest BCUT2D eigenvalue weighted by molar-refractivity contribution is 5.94. The van der Waals surface area contributed by atoms with Crippen LogP contribution in [-0.4, -0.2) is 64.5 Å². The lowest BCUT2D eigenvalue weighted by molar-refractivity contribution is -0.142. The summed E-state index contributed by atoms with van der Waals surface area (Å²) in [6, 6.07) is 10.9. The molecule has 0 aliphatic rings. The van der Waals surface area contributed by atoms with E-state index in [2.05, 4.69) is 16.0 Å². The average molecular weight is 514 g/mol. The Morgan fingerprint density at radius 1 is 0.757 bits per heavy atom. The number of nitrogens with one attached hydrogen (secondary N) is 3. The highest BCUT2D eigenvalue weighted by Gasteiger charge is 2.30. The van der Waals surface area contributed by atoms with Crippen LogP contribution >= 0.6 is 0 Å². The van der Waals surface area contributed by atoms with Gasteiger partial charge in [-0.25, -0.2) is 4.79 Å². The number of phenolic OH excluding ortho intramolecular Hbond substituents is 1. The number of hydrogen-bond acceptors (Lipinski definition) is 7. The van der Waals surface area contributed by atoms with E-state index in [4.69, 9.17) is 11.5 Å². The summed E-state index contributed by atoms with van der Waals surface area (Å²) >= 11 is 0. The molecule has 0 aliphatic carbocycles. The van der Waals surface area contributed by atoms with Crippen LogP contribution in [0.15, 0.2) is 54.6 Å². The Balaban J connectivity index is 2.23. The van der Waals surface area contributed by atoms with Crippen molar-refractivity contribution in [3.05, 3.63) is 65.7 Å². The lowest BCUT2D eigenvalue weighted by atomic mass is 10.0. The van der Waals surface area contributed by atoms with Gasteiger partial charge in [0.15, 0.2) is 0 Å². The zero-order valence-corrected chi connectivity index (χ0v) is 20.1. The number of aliphatic carboxylic acids is 1. The Morgan fingerprint density at radius 2 is 1.30 bits per heavy atom. The molecule has 2 rings (SSSR count). The van der Waals surface area contributed by atoms with Crippen LogP contribution in [0.25, 0.3) is 0 Å². The van der Waals surface area contributed by atoms with E-state index in [-0.39, 0.29) is 31.4 Å². The van der Waals surface area contributed by atoms with Crippen LogP contribution in [0.4, 0.5) is 0 Å². The number of amides is 4. The van der Waals surface area contributed by atoms with Gasteiger partial charge in [0.2, 0.25) is 23.6 Å². The fourth-order valence-electron chi connectivity index (χ4n) is 3.48. The van der Waals surface area contributed by atoms with Gasteiger partial charge in [-0.1, -0.05) is 42.5 Å². The second kappa shape index (κ2) is 14.2. The summed E-state index contributed by atoms with van der Waals surface area (Å²) in [6.45, 7) is -0.397.